The largest absolute Gasteiger partial charge is 0.484 e. The topological polar surface area (TPSA) is 77.0 Å². The molecule has 6 nitrogen and oxygen atoms in total. The highest BCUT2D eigenvalue weighted by molar-refractivity contribution is 5.91. The summed E-state index contributed by atoms with van der Waals surface area (Å²) in [5, 5.41) is 3.92. The Morgan fingerprint density at radius 3 is 2.37 bits per heavy atom. The molecule has 0 fully saturated rings. The Hall–Kier alpha value is -3.93. The Morgan fingerprint density at radius 1 is 0.900 bits per heavy atom. The van der Waals surface area contributed by atoms with Crippen LogP contribution >= 0.6 is 0 Å². The lowest BCUT2D eigenvalue weighted by Crippen LogP contribution is -2.24. The van der Waals surface area contributed by atoms with Gasteiger partial charge in [0.2, 0.25) is 0 Å². The molecule has 3 aromatic rings. The highest BCUT2D eigenvalue weighted by Crippen LogP contribution is 2.16. The first-order valence-electron chi connectivity index (χ1n) is 9.40. The standard InChI is InChI=1S/C24H22N2O4/c1-17-11-18(2)13-22(12-17)29-16-23(27)26-25-15-19-7-6-10-21(14-19)30-24(28)20-8-4-3-5-9-20/h3-15H,16H2,1-2H3,(H,26,27)/b25-15+. The Balaban J connectivity index is 1.51. The predicted octanol–water partition coefficient (Wildman–Crippen LogP) is 4.05. The van der Waals surface area contributed by atoms with Gasteiger partial charge >= 0.3 is 5.97 Å². The van der Waals surface area contributed by atoms with Crippen LogP contribution in [0.1, 0.15) is 27.0 Å². The van der Waals surface area contributed by atoms with Crippen molar-refractivity contribution in [1.82, 2.24) is 5.43 Å². The summed E-state index contributed by atoms with van der Waals surface area (Å²) in [6, 6.07) is 21.3. The van der Waals surface area contributed by atoms with E-state index in [9.17, 15) is 9.59 Å². The van der Waals surface area contributed by atoms with Crippen molar-refractivity contribution in [2.75, 3.05) is 6.61 Å². The Bertz CT molecular complexity index is 1040. The van der Waals surface area contributed by atoms with E-state index in [0.717, 1.165) is 11.1 Å². The van der Waals surface area contributed by atoms with Gasteiger partial charge in [-0.25, -0.2) is 10.2 Å². The third kappa shape index (κ3) is 6.31. The number of ether oxygens (including phenoxy) is 2. The summed E-state index contributed by atoms with van der Waals surface area (Å²) >= 11 is 0. The molecule has 0 saturated carbocycles. The molecule has 1 N–H and O–H groups in total. The fourth-order valence-corrected chi connectivity index (χ4v) is 2.77. The van der Waals surface area contributed by atoms with E-state index < -0.39 is 5.97 Å². The number of aryl methyl sites for hydroxylation is 2. The Labute approximate surface area is 175 Å². The Kier molecular flexibility index (Phi) is 6.95. The number of benzene rings is 3. The molecule has 3 aromatic carbocycles. The number of rotatable bonds is 7. The molecule has 30 heavy (non-hydrogen) atoms. The molecule has 0 heterocycles. The SMILES string of the molecule is Cc1cc(C)cc(OCC(=O)N/N=C/c2cccc(OC(=O)c3ccccc3)c2)c1. The van der Waals surface area contributed by atoms with Gasteiger partial charge in [-0.05, 0) is 66.9 Å². The molecule has 0 aliphatic rings. The molecular formula is C24H22N2O4. The van der Waals surface area contributed by atoms with Crippen molar-refractivity contribution in [3.8, 4) is 11.5 Å². The van der Waals surface area contributed by atoms with Gasteiger partial charge in [-0.2, -0.15) is 5.10 Å². The minimum absolute atomic E-state index is 0.144. The van der Waals surface area contributed by atoms with Crippen LogP contribution in [0.15, 0.2) is 77.9 Å². The van der Waals surface area contributed by atoms with E-state index in [1.807, 2.05) is 38.1 Å². The van der Waals surface area contributed by atoms with Gasteiger partial charge in [0.15, 0.2) is 6.61 Å². The van der Waals surface area contributed by atoms with Gasteiger partial charge in [0.25, 0.3) is 5.91 Å². The molecule has 0 aromatic heterocycles. The summed E-state index contributed by atoms with van der Waals surface area (Å²) in [4.78, 5) is 24.1. The van der Waals surface area contributed by atoms with E-state index in [2.05, 4.69) is 10.5 Å². The van der Waals surface area contributed by atoms with Gasteiger partial charge < -0.3 is 9.47 Å². The molecular weight excluding hydrogens is 380 g/mol. The lowest BCUT2D eigenvalue weighted by atomic mass is 10.1. The number of esters is 1. The quantitative estimate of drug-likeness (QED) is 0.280. The maximum atomic E-state index is 12.1. The van der Waals surface area contributed by atoms with Crippen LogP contribution in [0.3, 0.4) is 0 Å². The fraction of sp³-hybridized carbons (Fsp3) is 0.125. The van der Waals surface area contributed by atoms with Crippen molar-refractivity contribution >= 4 is 18.1 Å². The van der Waals surface area contributed by atoms with Gasteiger partial charge in [0.05, 0.1) is 11.8 Å². The van der Waals surface area contributed by atoms with Crippen LogP contribution in [0, 0.1) is 13.8 Å². The highest BCUT2D eigenvalue weighted by atomic mass is 16.5. The van der Waals surface area contributed by atoms with Crippen molar-refractivity contribution in [1.29, 1.82) is 0 Å². The number of nitrogens with one attached hydrogen (secondary N) is 1. The molecule has 6 heteroatoms. The summed E-state index contributed by atoms with van der Waals surface area (Å²) in [5.41, 5.74) is 5.68. The third-order valence-corrected chi connectivity index (χ3v) is 4.05. The maximum absolute atomic E-state index is 12.1. The number of carbonyl (C=O) groups is 2. The molecule has 3 rings (SSSR count). The number of hydrogen-bond acceptors (Lipinski definition) is 5. The second-order valence-corrected chi connectivity index (χ2v) is 6.73. The molecule has 0 spiro atoms. The van der Waals surface area contributed by atoms with Gasteiger partial charge in [0.1, 0.15) is 11.5 Å². The minimum atomic E-state index is -0.443. The van der Waals surface area contributed by atoms with Gasteiger partial charge in [-0.15, -0.1) is 0 Å². The number of hydrogen-bond donors (Lipinski definition) is 1. The predicted molar refractivity (Wildman–Crippen MR) is 115 cm³/mol. The lowest BCUT2D eigenvalue weighted by molar-refractivity contribution is -0.123. The zero-order chi connectivity index (χ0) is 21.3. The summed E-state index contributed by atoms with van der Waals surface area (Å²) in [7, 11) is 0. The molecule has 0 radical (unpaired) electrons. The van der Waals surface area contributed by atoms with Crippen LogP contribution in [0.5, 0.6) is 11.5 Å². The summed E-state index contributed by atoms with van der Waals surface area (Å²) in [5.74, 6) is 0.204. The van der Waals surface area contributed by atoms with E-state index >= 15 is 0 Å². The third-order valence-electron chi connectivity index (χ3n) is 4.05. The zero-order valence-electron chi connectivity index (χ0n) is 16.8. The number of hydrazone groups is 1. The number of nitrogens with zero attached hydrogens (tertiary/aromatic N) is 1. The molecule has 0 unspecified atom stereocenters. The van der Waals surface area contributed by atoms with E-state index in [1.54, 1.807) is 48.5 Å². The number of carbonyl (C=O) groups excluding carboxylic acids is 2. The zero-order valence-corrected chi connectivity index (χ0v) is 16.8. The molecule has 152 valence electrons. The average molecular weight is 402 g/mol. The Morgan fingerprint density at radius 2 is 1.63 bits per heavy atom. The average Bonchev–Trinajstić information content (AvgIpc) is 2.72. The smallest absolute Gasteiger partial charge is 0.343 e. The highest BCUT2D eigenvalue weighted by Gasteiger charge is 2.08. The normalized spacial score (nSPS) is 10.6. The van der Waals surface area contributed by atoms with E-state index in [0.29, 0.717) is 22.6 Å². The first kappa shape index (κ1) is 20.8. The molecule has 0 saturated heterocycles. The first-order valence-corrected chi connectivity index (χ1v) is 9.40. The van der Waals surface area contributed by atoms with Crippen molar-refractivity contribution < 1.29 is 19.1 Å². The van der Waals surface area contributed by atoms with E-state index in [4.69, 9.17) is 9.47 Å². The van der Waals surface area contributed by atoms with Gasteiger partial charge in [-0.3, -0.25) is 4.79 Å². The second-order valence-electron chi connectivity index (χ2n) is 6.73. The van der Waals surface area contributed by atoms with Crippen LogP contribution in [0.25, 0.3) is 0 Å². The summed E-state index contributed by atoms with van der Waals surface area (Å²) in [6.45, 7) is 3.79. The van der Waals surface area contributed by atoms with Crippen LogP contribution in [-0.2, 0) is 4.79 Å². The van der Waals surface area contributed by atoms with E-state index in [-0.39, 0.29) is 12.5 Å². The molecule has 0 aliphatic carbocycles. The summed E-state index contributed by atoms with van der Waals surface area (Å²) in [6.07, 6.45) is 1.47. The van der Waals surface area contributed by atoms with Crippen LogP contribution in [0.2, 0.25) is 0 Å². The van der Waals surface area contributed by atoms with Crippen LogP contribution in [0.4, 0.5) is 0 Å². The maximum Gasteiger partial charge on any atom is 0.343 e. The van der Waals surface area contributed by atoms with Gasteiger partial charge in [0, 0.05) is 0 Å². The second kappa shape index (κ2) is 10.0. The molecule has 1 amide bonds. The molecule has 0 atom stereocenters. The monoisotopic (exact) mass is 402 g/mol. The molecule has 0 bridgehead atoms. The van der Waals surface area contributed by atoms with Crippen molar-refractivity contribution in [3.05, 3.63) is 95.1 Å². The molecule has 0 aliphatic heterocycles. The first-order chi connectivity index (χ1) is 14.5. The minimum Gasteiger partial charge on any atom is -0.484 e. The van der Waals surface area contributed by atoms with Crippen LogP contribution < -0.4 is 14.9 Å². The van der Waals surface area contributed by atoms with E-state index in [1.165, 1.54) is 6.21 Å². The fourth-order valence-electron chi connectivity index (χ4n) is 2.77. The van der Waals surface area contributed by atoms with Crippen LogP contribution in [-0.4, -0.2) is 24.7 Å². The van der Waals surface area contributed by atoms with Crippen molar-refractivity contribution in [3.63, 3.8) is 0 Å². The lowest BCUT2D eigenvalue weighted by Gasteiger charge is -2.07. The van der Waals surface area contributed by atoms with Crippen molar-refractivity contribution in [2.45, 2.75) is 13.8 Å². The van der Waals surface area contributed by atoms with Gasteiger partial charge in [-0.1, -0.05) is 36.4 Å². The van der Waals surface area contributed by atoms with Crippen molar-refractivity contribution in [2.24, 2.45) is 5.10 Å². The summed E-state index contributed by atoms with van der Waals surface area (Å²) < 4.78 is 10.9. The number of amides is 1.